The van der Waals surface area contributed by atoms with Crippen LogP contribution in [0.5, 0.6) is 0 Å². The van der Waals surface area contributed by atoms with Crippen LogP contribution in [0.1, 0.15) is 30.5 Å². The summed E-state index contributed by atoms with van der Waals surface area (Å²) in [4.78, 5) is 15.6. The van der Waals surface area contributed by atoms with Crippen molar-refractivity contribution in [2.45, 2.75) is 25.8 Å². The number of hydrogen-bond acceptors (Lipinski definition) is 3. The van der Waals surface area contributed by atoms with Crippen LogP contribution >= 0.6 is 0 Å². The predicted octanol–water partition coefficient (Wildman–Crippen LogP) is 2.69. The number of imidazole rings is 2. The first-order chi connectivity index (χ1) is 9.79. The van der Waals surface area contributed by atoms with Crippen LogP contribution in [0.25, 0.3) is 22.3 Å². The summed E-state index contributed by atoms with van der Waals surface area (Å²) in [5, 5.41) is 3.46. The average molecular weight is 267 g/mol. The van der Waals surface area contributed by atoms with Crippen molar-refractivity contribution in [3.63, 3.8) is 0 Å². The van der Waals surface area contributed by atoms with E-state index in [1.54, 1.807) is 0 Å². The van der Waals surface area contributed by atoms with Gasteiger partial charge in [0.15, 0.2) is 0 Å². The van der Waals surface area contributed by atoms with Crippen LogP contribution in [0.4, 0.5) is 0 Å². The van der Waals surface area contributed by atoms with Crippen LogP contribution < -0.4 is 5.32 Å². The summed E-state index contributed by atoms with van der Waals surface area (Å²) < 4.78 is 0. The van der Waals surface area contributed by atoms with Gasteiger partial charge in [-0.1, -0.05) is 6.07 Å². The Balaban J connectivity index is 1.71. The molecule has 5 nitrogen and oxygen atoms in total. The van der Waals surface area contributed by atoms with E-state index in [-0.39, 0.29) is 0 Å². The number of benzene rings is 1. The van der Waals surface area contributed by atoms with Crippen molar-refractivity contribution >= 4 is 11.0 Å². The van der Waals surface area contributed by atoms with Crippen molar-refractivity contribution in [3.05, 3.63) is 36.0 Å². The van der Waals surface area contributed by atoms with E-state index in [0.29, 0.717) is 6.04 Å². The summed E-state index contributed by atoms with van der Waals surface area (Å²) in [6.45, 7) is 3.06. The normalized spacial score (nSPS) is 18.9. The van der Waals surface area contributed by atoms with E-state index in [4.69, 9.17) is 0 Å². The summed E-state index contributed by atoms with van der Waals surface area (Å²) in [5.41, 5.74) is 4.26. The van der Waals surface area contributed by atoms with Crippen LogP contribution in [0, 0.1) is 6.92 Å². The molecule has 0 saturated carbocycles. The molecule has 1 saturated heterocycles. The van der Waals surface area contributed by atoms with E-state index in [9.17, 15) is 0 Å². The van der Waals surface area contributed by atoms with E-state index in [0.717, 1.165) is 46.9 Å². The summed E-state index contributed by atoms with van der Waals surface area (Å²) in [6.07, 6.45) is 4.30. The minimum atomic E-state index is 0.377. The maximum absolute atomic E-state index is 4.52. The maximum atomic E-state index is 4.52. The molecule has 0 amide bonds. The lowest BCUT2D eigenvalue weighted by atomic mass is 10.1. The number of aryl methyl sites for hydroxylation is 1. The van der Waals surface area contributed by atoms with Crippen molar-refractivity contribution in [1.29, 1.82) is 0 Å². The smallest absolute Gasteiger partial charge is 0.123 e. The van der Waals surface area contributed by atoms with Crippen molar-refractivity contribution < 1.29 is 0 Å². The van der Waals surface area contributed by atoms with Crippen molar-refractivity contribution in [1.82, 2.24) is 25.3 Å². The van der Waals surface area contributed by atoms with Gasteiger partial charge in [-0.15, -0.1) is 0 Å². The number of nitrogens with zero attached hydrogens (tertiary/aromatic N) is 2. The summed E-state index contributed by atoms with van der Waals surface area (Å²) in [5.74, 6) is 1.98. The summed E-state index contributed by atoms with van der Waals surface area (Å²) in [6, 6.07) is 6.63. The number of rotatable bonds is 2. The van der Waals surface area contributed by atoms with Crippen LogP contribution in [0.2, 0.25) is 0 Å². The monoisotopic (exact) mass is 267 g/mol. The average Bonchev–Trinajstić information content (AvgIpc) is 3.17. The second kappa shape index (κ2) is 4.45. The number of aromatic nitrogens is 4. The zero-order chi connectivity index (χ0) is 13.5. The molecule has 0 bridgehead atoms. The molecule has 5 heteroatoms. The molecule has 102 valence electrons. The fourth-order valence-corrected chi connectivity index (χ4v) is 2.88. The van der Waals surface area contributed by atoms with Crippen molar-refractivity contribution in [2.75, 3.05) is 6.54 Å². The van der Waals surface area contributed by atoms with Gasteiger partial charge in [-0.05, 0) is 38.4 Å². The minimum Gasteiger partial charge on any atom is -0.342 e. The quantitative estimate of drug-likeness (QED) is 0.668. The van der Waals surface area contributed by atoms with Gasteiger partial charge < -0.3 is 15.3 Å². The lowest BCUT2D eigenvalue weighted by Crippen LogP contribution is -2.14. The molecule has 4 rings (SSSR count). The van der Waals surface area contributed by atoms with E-state index < -0.39 is 0 Å². The van der Waals surface area contributed by atoms with E-state index in [1.165, 1.54) is 6.42 Å². The van der Waals surface area contributed by atoms with Crippen LogP contribution in [0.3, 0.4) is 0 Å². The van der Waals surface area contributed by atoms with Gasteiger partial charge in [0.25, 0.3) is 0 Å². The third kappa shape index (κ3) is 1.91. The van der Waals surface area contributed by atoms with Gasteiger partial charge in [0.2, 0.25) is 0 Å². The summed E-state index contributed by atoms with van der Waals surface area (Å²) >= 11 is 0. The molecular formula is C15H17N5. The van der Waals surface area contributed by atoms with E-state index in [1.807, 2.05) is 19.2 Å². The number of H-pyrrole nitrogens is 2. The molecule has 1 aromatic carbocycles. The second-order valence-electron chi connectivity index (χ2n) is 5.39. The SMILES string of the molecule is Cc1nc2ccc(-c3cnc(C4CCCN4)[nH]3)cc2[nH]1. The van der Waals surface area contributed by atoms with Crippen LogP contribution in [-0.2, 0) is 0 Å². The molecule has 0 radical (unpaired) electrons. The third-order valence-electron chi connectivity index (χ3n) is 3.90. The molecule has 1 aliphatic heterocycles. The Hall–Kier alpha value is -2.14. The zero-order valence-corrected chi connectivity index (χ0v) is 11.4. The van der Waals surface area contributed by atoms with Gasteiger partial charge in [-0.25, -0.2) is 9.97 Å². The largest absolute Gasteiger partial charge is 0.342 e. The fourth-order valence-electron chi connectivity index (χ4n) is 2.88. The Morgan fingerprint density at radius 3 is 3.05 bits per heavy atom. The molecule has 20 heavy (non-hydrogen) atoms. The lowest BCUT2D eigenvalue weighted by molar-refractivity contribution is 0.613. The molecule has 1 fully saturated rings. The molecule has 1 aliphatic rings. The predicted molar refractivity (Wildman–Crippen MR) is 78.4 cm³/mol. The van der Waals surface area contributed by atoms with Crippen LogP contribution in [-0.4, -0.2) is 26.5 Å². The highest BCUT2D eigenvalue weighted by Gasteiger charge is 2.19. The van der Waals surface area contributed by atoms with E-state index >= 15 is 0 Å². The molecule has 1 unspecified atom stereocenters. The fraction of sp³-hybridized carbons (Fsp3) is 0.333. The summed E-state index contributed by atoms with van der Waals surface area (Å²) in [7, 11) is 0. The van der Waals surface area contributed by atoms with Crippen molar-refractivity contribution in [3.8, 4) is 11.3 Å². The lowest BCUT2D eigenvalue weighted by Gasteiger charge is -2.05. The Morgan fingerprint density at radius 1 is 1.25 bits per heavy atom. The Labute approximate surface area is 116 Å². The molecule has 0 aliphatic carbocycles. The van der Waals surface area contributed by atoms with Crippen molar-refractivity contribution in [2.24, 2.45) is 0 Å². The Bertz CT molecular complexity index is 749. The molecule has 3 heterocycles. The topological polar surface area (TPSA) is 69.4 Å². The maximum Gasteiger partial charge on any atom is 0.123 e. The van der Waals surface area contributed by atoms with Crippen LogP contribution in [0.15, 0.2) is 24.4 Å². The van der Waals surface area contributed by atoms with E-state index in [2.05, 4.69) is 37.4 Å². The highest BCUT2D eigenvalue weighted by Crippen LogP contribution is 2.25. The third-order valence-corrected chi connectivity index (χ3v) is 3.90. The first-order valence-electron chi connectivity index (χ1n) is 7.04. The standard InChI is InChI=1S/C15H17N5/c1-9-18-11-5-4-10(7-13(11)19-9)14-8-17-15(20-14)12-3-2-6-16-12/h4-5,7-8,12,16H,2-3,6H2,1H3,(H,17,20)(H,18,19). The van der Waals surface area contributed by atoms with Gasteiger partial charge in [0.05, 0.1) is 29.0 Å². The minimum absolute atomic E-state index is 0.377. The van der Waals surface area contributed by atoms with Gasteiger partial charge in [0, 0.05) is 5.56 Å². The van der Waals surface area contributed by atoms with Gasteiger partial charge in [-0.2, -0.15) is 0 Å². The van der Waals surface area contributed by atoms with Gasteiger partial charge >= 0.3 is 0 Å². The molecular weight excluding hydrogens is 250 g/mol. The molecule has 3 aromatic rings. The number of hydrogen-bond donors (Lipinski definition) is 3. The zero-order valence-electron chi connectivity index (χ0n) is 11.4. The van der Waals surface area contributed by atoms with Gasteiger partial charge in [0.1, 0.15) is 11.6 Å². The number of fused-ring (bicyclic) bond motifs is 1. The highest BCUT2D eigenvalue weighted by atomic mass is 15.0. The first-order valence-corrected chi connectivity index (χ1v) is 7.04. The first kappa shape index (κ1) is 11.7. The Morgan fingerprint density at radius 2 is 2.20 bits per heavy atom. The highest BCUT2D eigenvalue weighted by molar-refractivity contribution is 5.81. The Kier molecular flexibility index (Phi) is 2.60. The number of nitrogens with one attached hydrogen (secondary N) is 3. The number of aromatic amines is 2. The second-order valence-corrected chi connectivity index (χ2v) is 5.39. The molecule has 1 atom stereocenters. The molecule has 2 aromatic heterocycles. The van der Waals surface area contributed by atoms with Gasteiger partial charge in [-0.3, -0.25) is 0 Å². The molecule has 0 spiro atoms. The molecule has 3 N–H and O–H groups in total.